The molecule has 100 valence electrons. The van der Waals surface area contributed by atoms with Gasteiger partial charge in [-0.3, -0.25) is 4.79 Å². The van der Waals surface area contributed by atoms with Crippen LogP contribution in [0.1, 0.15) is 5.56 Å². The van der Waals surface area contributed by atoms with Gasteiger partial charge in [0.2, 0.25) is 0 Å². The van der Waals surface area contributed by atoms with Crippen LogP contribution in [0.4, 0.5) is 10.1 Å². The van der Waals surface area contributed by atoms with Crippen LogP contribution in [-0.4, -0.2) is 11.1 Å². The molecule has 1 aromatic carbocycles. The molecule has 3 nitrogen and oxygen atoms in total. The van der Waals surface area contributed by atoms with E-state index in [2.05, 4.69) is 21.2 Å². The van der Waals surface area contributed by atoms with Crippen LogP contribution in [0.2, 0.25) is 0 Å². The number of aromatic nitrogens is 1. The van der Waals surface area contributed by atoms with Gasteiger partial charge in [-0.05, 0) is 46.6 Å². The van der Waals surface area contributed by atoms with Gasteiger partial charge in [0.1, 0.15) is 5.82 Å². The quantitative estimate of drug-likeness (QED) is 0.937. The first-order chi connectivity index (χ1) is 9.08. The van der Waals surface area contributed by atoms with Gasteiger partial charge in [0, 0.05) is 31.0 Å². The third-order valence-electron chi connectivity index (χ3n) is 2.83. The van der Waals surface area contributed by atoms with Gasteiger partial charge in [0.05, 0.1) is 4.47 Å². The Morgan fingerprint density at radius 2 is 2.16 bits per heavy atom. The summed E-state index contributed by atoms with van der Waals surface area (Å²) in [5, 5.41) is 3.14. The predicted octanol–water partition coefficient (Wildman–Crippen LogP) is 3.17. The molecule has 1 aromatic heterocycles. The van der Waals surface area contributed by atoms with Gasteiger partial charge in [-0.15, -0.1) is 0 Å². The molecule has 0 bridgehead atoms. The predicted molar refractivity (Wildman–Crippen MR) is 78.0 cm³/mol. The van der Waals surface area contributed by atoms with Gasteiger partial charge in [0.15, 0.2) is 0 Å². The maximum atomic E-state index is 13.4. The molecular weight excluding hydrogens is 311 g/mol. The van der Waals surface area contributed by atoms with Gasteiger partial charge in [0.25, 0.3) is 5.56 Å². The smallest absolute Gasteiger partial charge is 0.250 e. The van der Waals surface area contributed by atoms with Crippen LogP contribution in [0.25, 0.3) is 0 Å². The molecule has 2 aromatic rings. The van der Waals surface area contributed by atoms with Crippen LogP contribution in [0.5, 0.6) is 0 Å². The molecule has 0 amide bonds. The van der Waals surface area contributed by atoms with Crippen LogP contribution >= 0.6 is 15.9 Å². The van der Waals surface area contributed by atoms with Crippen LogP contribution in [0, 0.1) is 12.7 Å². The highest BCUT2D eigenvalue weighted by Gasteiger charge is 2.04. The van der Waals surface area contributed by atoms with Crippen LogP contribution in [-0.2, 0) is 6.54 Å². The first-order valence-corrected chi connectivity index (χ1v) is 6.72. The summed E-state index contributed by atoms with van der Waals surface area (Å²) in [6.45, 7) is 3.00. The second-order valence-corrected chi connectivity index (χ2v) is 5.09. The lowest BCUT2D eigenvalue weighted by atomic mass is 10.2. The van der Waals surface area contributed by atoms with Gasteiger partial charge >= 0.3 is 0 Å². The first-order valence-electron chi connectivity index (χ1n) is 5.93. The molecule has 19 heavy (non-hydrogen) atoms. The number of hydrogen-bond acceptors (Lipinski definition) is 2. The van der Waals surface area contributed by atoms with Gasteiger partial charge in [-0.25, -0.2) is 4.39 Å². The van der Waals surface area contributed by atoms with Crippen molar-refractivity contribution in [2.45, 2.75) is 13.5 Å². The number of aryl methyl sites for hydroxylation is 1. The lowest BCUT2D eigenvalue weighted by Gasteiger charge is -2.11. The summed E-state index contributed by atoms with van der Waals surface area (Å²) in [6, 6.07) is 8.22. The average molecular weight is 325 g/mol. The SMILES string of the molecule is Cc1cc(Br)c(F)cc1NCCn1ccccc1=O. The molecule has 0 saturated heterocycles. The topological polar surface area (TPSA) is 34.0 Å². The monoisotopic (exact) mass is 324 g/mol. The van der Waals surface area contributed by atoms with Crippen molar-refractivity contribution in [3.8, 4) is 0 Å². The van der Waals surface area contributed by atoms with Crippen molar-refractivity contribution in [3.63, 3.8) is 0 Å². The van der Waals surface area contributed by atoms with Crippen molar-refractivity contribution >= 4 is 21.6 Å². The summed E-state index contributed by atoms with van der Waals surface area (Å²) in [6.07, 6.45) is 1.74. The number of anilines is 1. The Hall–Kier alpha value is -1.62. The molecule has 1 heterocycles. The van der Waals surface area contributed by atoms with Crippen LogP contribution < -0.4 is 10.9 Å². The molecule has 0 fully saturated rings. The molecule has 0 unspecified atom stereocenters. The highest BCUT2D eigenvalue weighted by molar-refractivity contribution is 9.10. The normalized spacial score (nSPS) is 10.5. The Bertz CT molecular complexity index is 640. The van der Waals surface area contributed by atoms with E-state index in [0.717, 1.165) is 11.3 Å². The van der Waals surface area contributed by atoms with Crippen molar-refractivity contribution in [1.82, 2.24) is 4.57 Å². The molecule has 0 radical (unpaired) electrons. The second-order valence-electron chi connectivity index (χ2n) is 4.24. The van der Waals surface area contributed by atoms with Crippen molar-refractivity contribution in [2.24, 2.45) is 0 Å². The third-order valence-corrected chi connectivity index (χ3v) is 3.44. The highest BCUT2D eigenvalue weighted by atomic mass is 79.9. The average Bonchev–Trinajstić information content (AvgIpc) is 2.38. The number of nitrogens with zero attached hydrogens (tertiary/aromatic N) is 1. The minimum atomic E-state index is -0.301. The summed E-state index contributed by atoms with van der Waals surface area (Å²) in [7, 11) is 0. The van der Waals surface area contributed by atoms with E-state index in [4.69, 9.17) is 0 Å². The lowest BCUT2D eigenvalue weighted by molar-refractivity contribution is 0.620. The Kier molecular flexibility index (Phi) is 4.37. The fourth-order valence-corrected chi connectivity index (χ4v) is 2.25. The van der Waals surface area contributed by atoms with E-state index in [0.29, 0.717) is 17.6 Å². The number of rotatable bonds is 4. The summed E-state index contributed by atoms with van der Waals surface area (Å²) < 4.78 is 15.5. The molecular formula is C14H14BrFN2O. The zero-order chi connectivity index (χ0) is 13.8. The van der Waals surface area contributed by atoms with E-state index in [1.165, 1.54) is 12.1 Å². The zero-order valence-electron chi connectivity index (χ0n) is 10.5. The van der Waals surface area contributed by atoms with Gasteiger partial charge < -0.3 is 9.88 Å². The Labute approximate surface area is 119 Å². The fourth-order valence-electron chi connectivity index (χ4n) is 1.79. The fraction of sp³-hybridized carbons (Fsp3) is 0.214. The maximum Gasteiger partial charge on any atom is 0.250 e. The molecule has 1 N–H and O–H groups in total. The number of benzene rings is 1. The van der Waals surface area contributed by atoms with E-state index >= 15 is 0 Å². The molecule has 5 heteroatoms. The van der Waals surface area contributed by atoms with Crippen molar-refractivity contribution in [3.05, 3.63) is 62.7 Å². The Morgan fingerprint density at radius 1 is 1.37 bits per heavy atom. The second kappa shape index (κ2) is 6.02. The number of hydrogen-bond donors (Lipinski definition) is 1. The largest absolute Gasteiger partial charge is 0.383 e. The minimum absolute atomic E-state index is 0.0389. The number of halogens is 2. The molecule has 0 aliphatic carbocycles. The number of nitrogens with one attached hydrogen (secondary N) is 1. The van der Waals surface area contributed by atoms with E-state index in [1.54, 1.807) is 22.9 Å². The van der Waals surface area contributed by atoms with Gasteiger partial charge in [-0.1, -0.05) is 6.07 Å². The van der Waals surface area contributed by atoms with Gasteiger partial charge in [-0.2, -0.15) is 0 Å². The van der Waals surface area contributed by atoms with E-state index in [-0.39, 0.29) is 11.4 Å². The summed E-state index contributed by atoms with van der Waals surface area (Å²) in [5.74, 6) is -0.301. The summed E-state index contributed by atoms with van der Waals surface area (Å²) in [4.78, 5) is 11.5. The van der Waals surface area contributed by atoms with Crippen molar-refractivity contribution in [2.75, 3.05) is 11.9 Å². The van der Waals surface area contributed by atoms with Crippen LogP contribution in [0.15, 0.2) is 45.8 Å². The standard InChI is InChI=1S/C14H14BrFN2O/c1-10-8-11(15)12(16)9-13(10)17-5-7-18-6-3-2-4-14(18)19/h2-4,6,8-9,17H,5,7H2,1H3. The molecule has 0 aliphatic heterocycles. The molecule has 0 aliphatic rings. The maximum absolute atomic E-state index is 13.4. The molecule has 0 atom stereocenters. The Morgan fingerprint density at radius 3 is 2.89 bits per heavy atom. The molecule has 0 spiro atoms. The third kappa shape index (κ3) is 3.44. The summed E-state index contributed by atoms with van der Waals surface area (Å²) in [5.41, 5.74) is 1.65. The first kappa shape index (κ1) is 13.8. The zero-order valence-corrected chi connectivity index (χ0v) is 12.1. The van der Waals surface area contributed by atoms with Crippen molar-refractivity contribution < 1.29 is 4.39 Å². The van der Waals surface area contributed by atoms with E-state index in [1.807, 2.05) is 13.0 Å². The van der Waals surface area contributed by atoms with Crippen LogP contribution in [0.3, 0.4) is 0 Å². The lowest BCUT2D eigenvalue weighted by Crippen LogP contribution is -2.22. The Balaban J connectivity index is 2.02. The van der Waals surface area contributed by atoms with E-state index < -0.39 is 0 Å². The molecule has 0 saturated carbocycles. The molecule has 2 rings (SSSR count). The number of pyridine rings is 1. The van der Waals surface area contributed by atoms with Crippen molar-refractivity contribution in [1.29, 1.82) is 0 Å². The summed E-state index contributed by atoms with van der Waals surface area (Å²) >= 11 is 3.15. The minimum Gasteiger partial charge on any atom is -0.383 e. The van der Waals surface area contributed by atoms with E-state index in [9.17, 15) is 9.18 Å². The highest BCUT2D eigenvalue weighted by Crippen LogP contribution is 2.23.